The maximum Gasteiger partial charge on any atom is 0.127 e. The number of hydrogen-bond acceptors (Lipinski definition) is 4. The molecular formula is C38H46N4. The van der Waals surface area contributed by atoms with Crippen molar-refractivity contribution in [3.63, 3.8) is 0 Å². The van der Waals surface area contributed by atoms with Crippen LogP contribution in [0.25, 0.3) is 27.7 Å². The molecule has 2 unspecified atom stereocenters. The van der Waals surface area contributed by atoms with E-state index in [2.05, 4.69) is 99.1 Å². The first kappa shape index (κ1) is 30.8. The number of nitrogens with one attached hydrogen (secondary N) is 1. The van der Waals surface area contributed by atoms with Crippen LogP contribution in [0.2, 0.25) is 0 Å². The number of piperidine rings is 1. The lowest BCUT2D eigenvalue weighted by molar-refractivity contribution is 0.222. The Labute approximate surface area is 253 Å². The maximum atomic E-state index is 9.19. The third kappa shape index (κ3) is 7.59. The lowest BCUT2D eigenvalue weighted by Crippen LogP contribution is -2.37. The molecule has 2 atom stereocenters. The van der Waals surface area contributed by atoms with E-state index in [0.29, 0.717) is 11.6 Å². The molecular weight excluding hydrogens is 512 g/mol. The van der Waals surface area contributed by atoms with Crippen molar-refractivity contribution in [3.8, 4) is 17.2 Å². The summed E-state index contributed by atoms with van der Waals surface area (Å²) in [7, 11) is 0. The predicted octanol–water partition coefficient (Wildman–Crippen LogP) is 10.4. The number of hydrogen-bond donors (Lipinski definition) is 1. The van der Waals surface area contributed by atoms with Gasteiger partial charge in [0.25, 0.3) is 0 Å². The molecule has 1 aliphatic rings. The van der Waals surface area contributed by atoms with Crippen molar-refractivity contribution in [2.24, 2.45) is 0 Å². The topological polar surface area (TPSA) is 52.0 Å². The molecule has 4 heteroatoms. The van der Waals surface area contributed by atoms with Gasteiger partial charge >= 0.3 is 0 Å². The molecule has 1 fully saturated rings. The highest BCUT2D eigenvalue weighted by Crippen LogP contribution is 2.35. The Morgan fingerprint density at radius 2 is 1.69 bits per heavy atom. The lowest BCUT2D eigenvalue weighted by atomic mass is 9.95. The minimum absolute atomic E-state index is 0.128. The van der Waals surface area contributed by atoms with Gasteiger partial charge in [-0.1, -0.05) is 95.1 Å². The second-order valence-electron chi connectivity index (χ2n) is 11.3. The van der Waals surface area contributed by atoms with Crippen LogP contribution in [0.4, 0.5) is 5.82 Å². The zero-order valence-corrected chi connectivity index (χ0v) is 25.9. The van der Waals surface area contributed by atoms with Crippen LogP contribution in [0.15, 0.2) is 85.4 Å². The normalized spacial score (nSPS) is 15.3. The number of benzene rings is 3. The summed E-state index contributed by atoms with van der Waals surface area (Å²) in [4.78, 5) is 7.53. The summed E-state index contributed by atoms with van der Waals surface area (Å²) in [5.74, 6) is 0.858. The van der Waals surface area contributed by atoms with Crippen molar-refractivity contribution >= 4 is 22.4 Å². The first-order valence-electron chi connectivity index (χ1n) is 15.7. The summed E-state index contributed by atoms with van der Waals surface area (Å²) in [5.41, 5.74) is 7.24. The highest BCUT2D eigenvalue weighted by Gasteiger charge is 2.24. The fourth-order valence-corrected chi connectivity index (χ4v) is 5.79. The summed E-state index contributed by atoms with van der Waals surface area (Å²) >= 11 is 0. The van der Waals surface area contributed by atoms with Crippen LogP contribution < -0.4 is 5.32 Å². The van der Waals surface area contributed by atoms with Gasteiger partial charge in [-0.2, -0.15) is 5.26 Å². The quantitative estimate of drug-likeness (QED) is 0.222. The number of unbranched alkanes of at least 4 members (excludes halogenated alkanes) is 2. The standard InChI is InChI=1S/C33H34N4.C5H12/c1-4-29-12-8-9-19-37(29)24(3)30-21-33(35-23(2)26-10-6-5-7-11-26)36-32-18-17-28(20-31(30)32)27-15-13-25(22-34)14-16-27;1-3-5-4-2/h5-7,10-11,13-18,20-21,23,29H,3-4,8-9,12,19H2,1-2H3,(H,35,36);3-5H2,1-2H3. The molecule has 0 saturated carbocycles. The van der Waals surface area contributed by atoms with E-state index in [1.165, 1.54) is 44.1 Å². The van der Waals surface area contributed by atoms with Crippen molar-refractivity contribution in [2.45, 2.75) is 84.7 Å². The summed E-state index contributed by atoms with van der Waals surface area (Å²) in [6, 6.07) is 29.7. The molecule has 2 heterocycles. The fraction of sp³-hybridized carbons (Fsp3) is 0.368. The van der Waals surface area contributed by atoms with Gasteiger partial charge in [0, 0.05) is 35.3 Å². The van der Waals surface area contributed by atoms with Crippen LogP contribution in [0.1, 0.15) is 95.4 Å². The molecule has 4 aromatic rings. The van der Waals surface area contributed by atoms with Crippen LogP contribution in [-0.2, 0) is 0 Å². The molecule has 0 radical (unpaired) electrons. The average molecular weight is 559 g/mol. The van der Waals surface area contributed by atoms with Crippen molar-refractivity contribution in [3.05, 3.63) is 102 Å². The summed E-state index contributed by atoms with van der Waals surface area (Å²) in [6.45, 7) is 14.5. The highest BCUT2D eigenvalue weighted by atomic mass is 15.2. The summed E-state index contributed by atoms with van der Waals surface area (Å²) in [6.07, 6.45) is 8.89. The van der Waals surface area contributed by atoms with Crippen LogP contribution in [0.3, 0.4) is 0 Å². The Morgan fingerprint density at radius 3 is 2.33 bits per heavy atom. The average Bonchev–Trinajstić information content (AvgIpc) is 3.05. The Bertz CT molecular complexity index is 1480. The van der Waals surface area contributed by atoms with E-state index in [-0.39, 0.29) is 6.04 Å². The monoisotopic (exact) mass is 558 g/mol. The molecule has 1 N–H and O–H groups in total. The maximum absolute atomic E-state index is 9.19. The number of rotatable bonds is 9. The lowest BCUT2D eigenvalue weighted by Gasteiger charge is -2.38. The van der Waals surface area contributed by atoms with E-state index in [4.69, 9.17) is 4.98 Å². The first-order chi connectivity index (χ1) is 20.5. The number of aromatic nitrogens is 1. The van der Waals surface area contributed by atoms with Gasteiger partial charge in [-0.15, -0.1) is 0 Å². The molecule has 1 aromatic heterocycles. The first-order valence-corrected chi connectivity index (χ1v) is 15.7. The second-order valence-corrected chi connectivity index (χ2v) is 11.3. The van der Waals surface area contributed by atoms with E-state index in [0.717, 1.165) is 52.1 Å². The van der Waals surface area contributed by atoms with Crippen LogP contribution >= 0.6 is 0 Å². The molecule has 42 heavy (non-hydrogen) atoms. The molecule has 0 amide bonds. The van der Waals surface area contributed by atoms with E-state index in [1.54, 1.807) is 0 Å². The predicted molar refractivity (Wildman–Crippen MR) is 179 cm³/mol. The smallest absolute Gasteiger partial charge is 0.127 e. The largest absolute Gasteiger partial charge is 0.369 e. The molecule has 4 nitrogen and oxygen atoms in total. The van der Waals surface area contributed by atoms with Gasteiger partial charge in [0.1, 0.15) is 5.82 Å². The zero-order valence-electron chi connectivity index (χ0n) is 25.9. The van der Waals surface area contributed by atoms with Crippen molar-refractivity contribution < 1.29 is 0 Å². The molecule has 218 valence electrons. The summed E-state index contributed by atoms with van der Waals surface area (Å²) < 4.78 is 0. The molecule has 1 saturated heterocycles. The van der Waals surface area contributed by atoms with Gasteiger partial charge in [0.05, 0.1) is 17.1 Å². The van der Waals surface area contributed by atoms with Gasteiger partial charge < -0.3 is 10.2 Å². The Balaban J connectivity index is 0.000000748. The van der Waals surface area contributed by atoms with Crippen molar-refractivity contribution in [1.29, 1.82) is 5.26 Å². The minimum atomic E-state index is 0.128. The van der Waals surface area contributed by atoms with Crippen LogP contribution in [0.5, 0.6) is 0 Å². The molecule has 3 aromatic carbocycles. The van der Waals surface area contributed by atoms with Gasteiger partial charge in [-0.3, -0.25) is 0 Å². The molecule has 0 spiro atoms. The highest BCUT2D eigenvalue weighted by molar-refractivity contribution is 5.95. The van der Waals surface area contributed by atoms with Crippen molar-refractivity contribution in [2.75, 3.05) is 11.9 Å². The number of nitrogens with zero attached hydrogens (tertiary/aromatic N) is 3. The van der Waals surface area contributed by atoms with E-state index >= 15 is 0 Å². The third-order valence-corrected chi connectivity index (χ3v) is 8.28. The number of anilines is 1. The number of nitriles is 1. The number of pyridine rings is 1. The molecule has 5 rings (SSSR count). The molecule has 1 aliphatic heterocycles. The SMILES string of the molecule is C=C(c1cc(NC(C)c2ccccc2)nc2ccc(-c3ccc(C#N)cc3)cc12)N1CCCCC1CC.CCCCC. The molecule has 0 bridgehead atoms. The van der Waals surface area contributed by atoms with Gasteiger partial charge in [-0.05, 0) is 79.6 Å². The Kier molecular flexibility index (Phi) is 11.2. The Morgan fingerprint density at radius 1 is 0.976 bits per heavy atom. The van der Waals surface area contributed by atoms with E-state index < -0.39 is 0 Å². The van der Waals surface area contributed by atoms with Gasteiger partial charge in [-0.25, -0.2) is 4.98 Å². The second kappa shape index (κ2) is 15.2. The third-order valence-electron chi connectivity index (χ3n) is 8.28. The van der Waals surface area contributed by atoms with E-state index in [9.17, 15) is 5.26 Å². The van der Waals surface area contributed by atoms with Crippen LogP contribution in [0, 0.1) is 11.3 Å². The fourth-order valence-electron chi connectivity index (χ4n) is 5.79. The number of likely N-dealkylation sites (tertiary alicyclic amines) is 1. The van der Waals surface area contributed by atoms with Crippen LogP contribution in [-0.4, -0.2) is 22.5 Å². The number of fused-ring (bicyclic) bond motifs is 1. The molecule has 0 aliphatic carbocycles. The van der Waals surface area contributed by atoms with Gasteiger partial charge in [0.2, 0.25) is 0 Å². The Hall–Kier alpha value is -4.10. The minimum Gasteiger partial charge on any atom is -0.369 e. The van der Waals surface area contributed by atoms with Crippen molar-refractivity contribution in [1.82, 2.24) is 9.88 Å². The van der Waals surface area contributed by atoms with Gasteiger partial charge in [0.15, 0.2) is 0 Å². The zero-order chi connectivity index (χ0) is 29.9. The summed E-state index contributed by atoms with van der Waals surface area (Å²) in [5, 5.41) is 13.9. The van der Waals surface area contributed by atoms with E-state index in [1.807, 2.05) is 30.3 Å².